The number of thiophene rings is 1. The number of amidine groups is 2. The van der Waals surface area contributed by atoms with Crippen molar-refractivity contribution >= 4 is 23.0 Å². The largest absolute Gasteiger partial charge is 0.757 e. The van der Waals surface area contributed by atoms with Gasteiger partial charge < -0.3 is 10.3 Å². The number of nitrogens with zero attached hydrogens (tertiary/aromatic N) is 4. The molecule has 3 rings (SSSR count). The summed E-state index contributed by atoms with van der Waals surface area (Å²) in [7, 11) is 0. The number of rotatable bonds is 2. The van der Waals surface area contributed by atoms with Gasteiger partial charge >= 0.3 is 5.84 Å². The Morgan fingerprint density at radius 3 is 1.96 bits per heavy atom. The first kappa shape index (κ1) is 18.2. The van der Waals surface area contributed by atoms with Gasteiger partial charge in [0.25, 0.3) is 0 Å². The van der Waals surface area contributed by atoms with Crippen molar-refractivity contribution in [3.05, 3.63) is 32.0 Å². The Labute approximate surface area is 152 Å². The van der Waals surface area contributed by atoms with E-state index in [-0.39, 0.29) is 0 Å². The minimum Gasteiger partial charge on any atom is -0.757 e. The second-order valence-corrected chi connectivity index (χ2v) is 9.94. The number of hydroxylamine groups is 2. The monoisotopic (exact) mass is 362 g/mol. The second-order valence-electron chi connectivity index (χ2n) is 8.86. The van der Waals surface area contributed by atoms with Crippen molar-refractivity contribution in [1.82, 2.24) is 5.06 Å². The highest BCUT2D eigenvalue weighted by atomic mass is 32.1. The number of aliphatic imine (C=N–C) groups is 2. The van der Waals surface area contributed by atoms with Crippen LogP contribution in [0.3, 0.4) is 0 Å². The van der Waals surface area contributed by atoms with Crippen molar-refractivity contribution in [2.45, 2.75) is 77.5 Å². The van der Waals surface area contributed by atoms with Crippen molar-refractivity contribution < 1.29 is 4.76 Å². The number of nitroso groups, excluding NO2 is 1. The molecule has 7 heteroatoms. The van der Waals surface area contributed by atoms with Gasteiger partial charge in [0.05, 0.1) is 10.4 Å². The Morgan fingerprint density at radius 1 is 0.960 bits per heavy atom. The molecule has 0 saturated carbocycles. The summed E-state index contributed by atoms with van der Waals surface area (Å²) >= 11 is 1.39. The molecule has 0 spiro atoms. The van der Waals surface area contributed by atoms with Crippen LogP contribution < -0.4 is 0 Å². The molecule has 136 valence electrons. The number of hydrogen-bond acceptors (Lipinski definition) is 6. The molecule has 2 aliphatic rings. The van der Waals surface area contributed by atoms with Crippen LogP contribution in [0.4, 0.5) is 0 Å². The van der Waals surface area contributed by atoms with Gasteiger partial charge in [0.2, 0.25) is 0 Å². The molecule has 6 nitrogen and oxygen atoms in total. The van der Waals surface area contributed by atoms with Gasteiger partial charge in [-0.15, -0.1) is 11.3 Å². The molecular weight excluding hydrogens is 336 g/mol. The Bertz CT molecular complexity index is 815. The van der Waals surface area contributed by atoms with E-state index in [4.69, 9.17) is 0 Å². The zero-order valence-electron chi connectivity index (χ0n) is 16.2. The van der Waals surface area contributed by atoms with Crippen LogP contribution in [0.25, 0.3) is 0 Å². The summed E-state index contributed by atoms with van der Waals surface area (Å²) in [6, 6.07) is 3.71. The number of hydrogen-bond donors (Lipinski definition) is 0. The summed E-state index contributed by atoms with van der Waals surface area (Å²) in [5.41, 5.74) is -2.20. The van der Waals surface area contributed by atoms with Crippen LogP contribution in [0.2, 0.25) is 0 Å². The third-order valence-electron chi connectivity index (χ3n) is 6.21. The summed E-state index contributed by atoms with van der Waals surface area (Å²) < 4.78 is 0.988. The zero-order chi connectivity index (χ0) is 19.0. The Kier molecular flexibility index (Phi) is 3.62. The van der Waals surface area contributed by atoms with Gasteiger partial charge in [-0.05, 0) is 72.3 Å². The third kappa shape index (κ3) is 2.32. The molecule has 3 heterocycles. The first-order valence-corrected chi connectivity index (χ1v) is 9.29. The van der Waals surface area contributed by atoms with E-state index in [2.05, 4.69) is 9.98 Å². The lowest BCUT2D eigenvalue weighted by atomic mass is 9.84. The molecule has 0 aliphatic carbocycles. The molecule has 0 aromatic carbocycles. The first-order chi connectivity index (χ1) is 11.2. The van der Waals surface area contributed by atoms with Crippen molar-refractivity contribution in [1.29, 1.82) is 0 Å². The normalized spacial score (nSPS) is 26.0. The van der Waals surface area contributed by atoms with Crippen LogP contribution in [0.5, 0.6) is 0 Å². The van der Waals surface area contributed by atoms with Crippen LogP contribution in [-0.2, 0) is 0 Å². The fourth-order valence-electron chi connectivity index (χ4n) is 2.81. The van der Waals surface area contributed by atoms with Crippen LogP contribution >= 0.6 is 11.3 Å². The predicted molar refractivity (Wildman–Crippen MR) is 103 cm³/mol. The maximum absolute atomic E-state index is 12.7. The summed E-state index contributed by atoms with van der Waals surface area (Å²) in [6.07, 6.45) is 0. The molecule has 0 unspecified atom stereocenters. The van der Waals surface area contributed by atoms with Crippen LogP contribution in [0.1, 0.15) is 65.1 Å². The van der Waals surface area contributed by atoms with Crippen molar-refractivity contribution in [2.24, 2.45) is 9.98 Å². The van der Waals surface area contributed by atoms with E-state index in [1.165, 1.54) is 11.3 Å². The standard InChI is InChI=1S/C18H26N4O2S/c1-15(2)17(5,6)21(23)13(19-15)11-9-10-12(25-11)14-20-16(3,4)18(7,8)22(14)24/h9-10H,1-8H3. The highest BCUT2D eigenvalue weighted by Gasteiger charge is 2.59. The summed E-state index contributed by atoms with van der Waals surface area (Å²) in [5.74, 6) is 0.863. The molecule has 0 radical (unpaired) electrons. The Balaban J connectivity index is 2.00. The molecule has 0 N–H and O–H groups in total. The lowest BCUT2D eigenvalue weighted by Crippen LogP contribution is -2.50. The Hall–Kier alpha value is -1.60. The average Bonchev–Trinajstić information content (AvgIpc) is 3.06. The fraction of sp³-hybridized carbons (Fsp3) is 0.667. The summed E-state index contributed by atoms with van der Waals surface area (Å²) in [4.78, 5) is 23.6. The third-order valence-corrected chi connectivity index (χ3v) is 7.29. The molecule has 1 aromatic heterocycles. The highest BCUT2D eigenvalue weighted by Crippen LogP contribution is 2.41. The van der Waals surface area contributed by atoms with E-state index in [0.717, 1.165) is 19.6 Å². The predicted octanol–water partition coefficient (Wildman–Crippen LogP) is 3.96. The van der Waals surface area contributed by atoms with Gasteiger partial charge in [-0.25, -0.2) is 0 Å². The van der Waals surface area contributed by atoms with E-state index in [9.17, 15) is 10.1 Å². The SMILES string of the molecule is CC1(C)N=C(c2ccc(C3=NC(C)(C)C(C)(C)[N+]3=O)s2)N([O-])C1(C)C. The zero-order valence-corrected chi connectivity index (χ0v) is 17.0. The van der Waals surface area contributed by atoms with Crippen LogP contribution in [0.15, 0.2) is 22.1 Å². The topological polar surface area (TPSA) is 71.1 Å². The van der Waals surface area contributed by atoms with Gasteiger partial charge in [-0.3, -0.25) is 4.99 Å². The fourth-order valence-corrected chi connectivity index (χ4v) is 3.76. The molecular formula is C18H26N4O2S. The minimum absolute atomic E-state index is 0.431. The van der Waals surface area contributed by atoms with Crippen LogP contribution in [0, 0.1) is 10.1 Å². The quantitative estimate of drug-likeness (QED) is 0.748. The maximum Gasteiger partial charge on any atom is 0.374 e. The van der Waals surface area contributed by atoms with Crippen molar-refractivity contribution in [2.75, 3.05) is 0 Å². The molecule has 1 aromatic rings. The maximum atomic E-state index is 12.7. The van der Waals surface area contributed by atoms with E-state index < -0.39 is 22.2 Å². The molecule has 0 bridgehead atoms. The average molecular weight is 362 g/mol. The van der Waals surface area contributed by atoms with Crippen LogP contribution in [-0.4, -0.2) is 43.7 Å². The van der Waals surface area contributed by atoms with Gasteiger partial charge in [0.1, 0.15) is 10.7 Å². The van der Waals surface area contributed by atoms with Crippen molar-refractivity contribution in [3.8, 4) is 0 Å². The molecule has 2 aliphatic heterocycles. The highest BCUT2D eigenvalue weighted by molar-refractivity contribution is 7.16. The van der Waals surface area contributed by atoms with E-state index in [1.807, 2.05) is 67.5 Å². The lowest BCUT2D eigenvalue weighted by molar-refractivity contribution is -0.514. The minimum atomic E-state index is -0.619. The molecule has 0 saturated heterocycles. The molecule has 0 amide bonds. The first-order valence-electron chi connectivity index (χ1n) is 8.47. The van der Waals surface area contributed by atoms with E-state index in [1.54, 1.807) is 0 Å². The Morgan fingerprint density at radius 2 is 1.52 bits per heavy atom. The summed E-state index contributed by atoms with van der Waals surface area (Å²) in [6.45, 7) is 15.4. The van der Waals surface area contributed by atoms with Crippen molar-refractivity contribution in [3.63, 3.8) is 0 Å². The second kappa shape index (κ2) is 4.98. The van der Waals surface area contributed by atoms with Gasteiger partial charge in [0.15, 0.2) is 11.1 Å². The molecule has 25 heavy (non-hydrogen) atoms. The van der Waals surface area contributed by atoms with Gasteiger partial charge in [0, 0.05) is 5.54 Å². The molecule has 0 fully saturated rings. The van der Waals surface area contributed by atoms with E-state index >= 15 is 0 Å². The smallest absolute Gasteiger partial charge is 0.374 e. The van der Waals surface area contributed by atoms with E-state index in [0.29, 0.717) is 11.7 Å². The molecule has 0 atom stereocenters. The summed E-state index contributed by atoms with van der Waals surface area (Å²) in [5, 5.41) is 13.7. The van der Waals surface area contributed by atoms with Gasteiger partial charge in [-0.2, -0.15) is 0 Å². The lowest BCUT2D eigenvalue weighted by Gasteiger charge is -2.45. The van der Waals surface area contributed by atoms with Gasteiger partial charge in [-0.1, -0.05) is 9.90 Å².